The fourth-order valence-corrected chi connectivity index (χ4v) is 1.65. The molecule has 0 spiro atoms. The molecule has 3 nitrogen and oxygen atoms in total. The highest BCUT2D eigenvalue weighted by Gasteiger charge is 2.28. The van der Waals surface area contributed by atoms with Gasteiger partial charge in [-0.3, -0.25) is 4.79 Å². The van der Waals surface area contributed by atoms with Gasteiger partial charge in [0.25, 0.3) is 0 Å². The molecule has 0 saturated carbocycles. The zero-order valence-electron chi connectivity index (χ0n) is 9.55. The number of nitrogens with two attached hydrogens (primary N) is 1. The highest BCUT2D eigenvalue weighted by molar-refractivity contribution is 7.80. The van der Waals surface area contributed by atoms with E-state index in [1.54, 1.807) is 0 Å². The van der Waals surface area contributed by atoms with Gasteiger partial charge in [0.1, 0.15) is 4.99 Å². The lowest BCUT2D eigenvalue weighted by molar-refractivity contribution is -0.142. The Bertz CT molecular complexity index is 505. The van der Waals surface area contributed by atoms with Crippen molar-refractivity contribution >= 4 is 40.4 Å². The van der Waals surface area contributed by atoms with Gasteiger partial charge in [0.15, 0.2) is 0 Å². The first-order valence-electron chi connectivity index (χ1n) is 5.15. The number of amides is 1. The Labute approximate surface area is 117 Å². The highest BCUT2D eigenvalue weighted by atomic mass is 35.5. The SMILES string of the molecule is NC(=S)c1ccc(Cl)cc1NC(=O)CCC(F)(F)F. The van der Waals surface area contributed by atoms with Crippen LogP contribution >= 0.6 is 23.8 Å². The average Bonchev–Trinajstić information content (AvgIpc) is 2.25. The fourth-order valence-electron chi connectivity index (χ4n) is 1.30. The van der Waals surface area contributed by atoms with E-state index >= 15 is 0 Å². The molecule has 0 aliphatic rings. The van der Waals surface area contributed by atoms with E-state index < -0.39 is 24.9 Å². The van der Waals surface area contributed by atoms with Crippen LogP contribution in [0.25, 0.3) is 0 Å². The molecule has 0 atom stereocenters. The van der Waals surface area contributed by atoms with Gasteiger partial charge in [-0.05, 0) is 18.2 Å². The number of benzene rings is 1. The predicted octanol–water partition coefficient (Wildman–Crippen LogP) is 3.26. The van der Waals surface area contributed by atoms with Crippen molar-refractivity contribution in [3.8, 4) is 0 Å². The maximum absolute atomic E-state index is 12.0. The third-order valence-corrected chi connectivity index (χ3v) is 2.61. The molecule has 0 heterocycles. The number of nitrogens with one attached hydrogen (secondary N) is 1. The van der Waals surface area contributed by atoms with Gasteiger partial charge in [-0.15, -0.1) is 0 Å². The van der Waals surface area contributed by atoms with Crippen molar-refractivity contribution in [2.45, 2.75) is 19.0 Å². The molecule has 1 amide bonds. The van der Waals surface area contributed by atoms with E-state index in [0.29, 0.717) is 10.6 Å². The van der Waals surface area contributed by atoms with Crippen LogP contribution in [0, 0.1) is 0 Å². The van der Waals surface area contributed by atoms with Crippen molar-refractivity contribution in [3.05, 3.63) is 28.8 Å². The summed E-state index contributed by atoms with van der Waals surface area (Å²) in [7, 11) is 0. The van der Waals surface area contributed by atoms with Crippen molar-refractivity contribution < 1.29 is 18.0 Å². The summed E-state index contributed by atoms with van der Waals surface area (Å²) in [5, 5.41) is 2.63. The zero-order chi connectivity index (χ0) is 14.6. The molecule has 0 aliphatic carbocycles. The first kappa shape index (κ1) is 15.7. The Kier molecular flexibility index (Phi) is 5.13. The maximum Gasteiger partial charge on any atom is 0.389 e. The summed E-state index contributed by atoms with van der Waals surface area (Å²) >= 11 is 10.5. The summed E-state index contributed by atoms with van der Waals surface area (Å²) in [5.41, 5.74) is 5.99. The second-order valence-corrected chi connectivity index (χ2v) is 4.59. The first-order valence-corrected chi connectivity index (χ1v) is 5.93. The lowest BCUT2D eigenvalue weighted by Gasteiger charge is -2.11. The van der Waals surface area contributed by atoms with Crippen molar-refractivity contribution in [2.75, 3.05) is 5.32 Å². The van der Waals surface area contributed by atoms with Crippen LogP contribution in [0.3, 0.4) is 0 Å². The quantitative estimate of drug-likeness (QED) is 0.839. The molecule has 1 rings (SSSR count). The highest BCUT2D eigenvalue weighted by Crippen LogP contribution is 2.24. The van der Waals surface area contributed by atoms with Crippen molar-refractivity contribution in [1.82, 2.24) is 0 Å². The molecule has 8 heteroatoms. The smallest absolute Gasteiger partial charge is 0.389 e. The van der Waals surface area contributed by atoms with Gasteiger partial charge in [-0.1, -0.05) is 23.8 Å². The number of carbonyl (C=O) groups excluding carboxylic acids is 1. The minimum atomic E-state index is -4.38. The number of carbonyl (C=O) groups is 1. The van der Waals surface area contributed by atoms with E-state index in [0.717, 1.165) is 0 Å². The van der Waals surface area contributed by atoms with Gasteiger partial charge in [0.05, 0.1) is 12.1 Å². The van der Waals surface area contributed by atoms with E-state index in [1.165, 1.54) is 18.2 Å². The largest absolute Gasteiger partial charge is 0.389 e. The molecule has 19 heavy (non-hydrogen) atoms. The molecule has 0 radical (unpaired) electrons. The topological polar surface area (TPSA) is 55.1 Å². The van der Waals surface area contributed by atoms with Crippen molar-refractivity contribution in [3.63, 3.8) is 0 Å². The number of halogens is 4. The molecular formula is C11H10ClF3N2OS. The van der Waals surface area contributed by atoms with Gasteiger partial charge in [0.2, 0.25) is 5.91 Å². The normalized spacial score (nSPS) is 11.2. The number of hydrogen-bond acceptors (Lipinski definition) is 2. The summed E-state index contributed by atoms with van der Waals surface area (Å²) in [5.74, 6) is -0.780. The number of rotatable bonds is 4. The van der Waals surface area contributed by atoms with Crippen LogP contribution in [-0.4, -0.2) is 17.1 Å². The van der Waals surface area contributed by atoms with Gasteiger partial charge in [-0.25, -0.2) is 0 Å². The molecule has 0 aromatic heterocycles. The van der Waals surface area contributed by atoms with Crippen LogP contribution in [-0.2, 0) is 4.79 Å². The lowest BCUT2D eigenvalue weighted by Crippen LogP contribution is -2.19. The number of hydrogen-bond donors (Lipinski definition) is 2. The van der Waals surface area contributed by atoms with Gasteiger partial charge in [-0.2, -0.15) is 13.2 Å². The summed E-state index contributed by atoms with van der Waals surface area (Å²) in [4.78, 5) is 11.4. The van der Waals surface area contributed by atoms with E-state index in [9.17, 15) is 18.0 Å². The number of alkyl halides is 3. The van der Waals surface area contributed by atoms with Crippen LogP contribution in [0.2, 0.25) is 5.02 Å². The molecule has 0 aliphatic heterocycles. The second-order valence-electron chi connectivity index (χ2n) is 3.72. The average molecular weight is 311 g/mol. The lowest BCUT2D eigenvalue weighted by atomic mass is 10.1. The predicted molar refractivity (Wildman–Crippen MR) is 71.3 cm³/mol. The Balaban J connectivity index is 2.78. The number of anilines is 1. The standard InChI is InChI=1S/C11H10ClF3N2OS/c12-6-1-2-7(10(16)19)8(5-6)17-9(18)3-4-11(13,14)15/h1-2,5H,3-4H2,(H2,16,19)(H,17,18). The summed E-state index contributed by atoms with van der Waals surface area (Å²) in [6, 6.07) is 4.38. The minimum absolute atomic E-state index is 0.0165. The summed E-state index contributed by atoms with van der Waals surface area (Å²) in [6.45, 7) is 0. The molecule has 1 aromatic rings. The maximum atomic E-state index is 12.0. The molecular weight excluding hydrogens is 301 g/mol. The third-order valence-electron chi connectivity index (χ3n) is 2.16. The Morgan fingerprint density at radius 1 is 1.42 bits per heavy atom. The zero-order valence-corrected chi connectivity index (χ0v) is 11.1. The summed E-state index contributed by atoms with van der Waals surface area (Å²) in [6.07, 6.45) is -6.24. The molecule has 0 saturated heterocycles. The fraction of sp³-hybridized carbons (Fsp3) is 0.273. The van der Waals surface area contributed by atoms with E-state index in [1.807, 2.05) is 0 Å². The van der Waals surface area contributed by atoms with E-state index in [-0.39, 0.29) is 10.7 Å². The van der Waals surface area contributed by atoms with Crippen molar-refractivity contribution in [2.24, 2.45) is 5.73 Å². The Morgan fingerprint density at radius 2 is 2.05 bits per heavy atom. The van der Waals surface area contributed by atoms with E-state index in [4.69, 9.17) is 29.6 Å². The number of thiocarbonyl (C=S) groups is 1. The molecule has 104 valence electrons. The monoisotopic (exact) mass is 310 g/mol. The second kappa shape index (κ2) is 6.21. The molecule has 3 N–H and O–H groups in total. The van der Waals surface area contributed by atoms with Crippen LogP contribution < -0.4 is 11.1 Å². The van der Waals surface area contributed by atoms with Gasteiger partial charge < -0.3 is 11.1 Å². The van der Waals surface area contributed by atoms with Gasteiger partial charge >= 0.3 is 6.18 Å². The molecule has 0 unspecified atom stereocenters. The molecule has 0 fully saturated rings. The van der Waals surface area contributed by atoms with E-state index in [2.05, 4.69) is 5.32 Å². The first-order chi connectivity index (χ1) is 8.69. The molecule has 0 bridgehead atoms. The van der Waals surface area contributed by atoms with Crippen molar-refractivity contribution in [1.29, 1.82) is 0 Å². The van der Waals surface area contributed by atoms with Gasteiger partial charge in [0, 0.05) is 17.0 Å². The third kappa shape index (κ3) is 5.44. The van der Waals surface area contributed by atoms with Crippen LogP contribution in [0.5, 0.6) is 0 Å². The summed E-state index contributed by atoms with van der Waals surface area (Å²) < 4.78 is 36.0. The van der Waals surface area contributed by atoms with Crippen LogP contribution in [0.4, 0.5) is 18.9 Å². The Hall–Kier alpha value is -1.34. The van der Waals surface area contributed by atoms with Crippen LogP contribution in [0.1, 0.15) is 18.4 Å². The minimum Gasteiger partial charge on any atom is -0.389 e. The Morgan fingerprint density at radius 3 is 2.58 bits per heavy atom. The van der Waals surface area contributed by atoms with Crippen LogP contribution in [0.15, 0.2) is 18.2 Å². The molecule has 1 aromatic carbocycles.